The number of methoxy groups -OCH3 is 1. The minimum absolute atomic E-state index is 0.188. The van der Waals surface area contributed by atoms with Gasteiger partial charge in [-0.1, -0.05) is 35.5 Å². The average Bonchev–Trinajstić information content (AvgIpc) is 2.56. The largest absolute Gasteiger partial charge is 0.465 e. The highest BCUT2D eigenvalue weighted by atomic mass is 16.6. The van der Waals surface area contributed by atoms with Gasteiger partial charge in [0.25, 0.3) is 0 Å². The summed E-state index contributed by atoms with van der Waals surface area (Å²) >= 11 is 0. The normalized spacial score (nSPS) is 12.6. The van der Waals surface area contributed by atoms with Gasteiger partial charge in [0.05, 0.1) is 17.8 Å². The summed E-state index contributed by atoms with van der Waals surface area (Å²) in [7, 11) is 1.35. The Morgan fingerprint density at radius 3 is 2.61 bits per heavy atom. The number of carbonyl (C=O) groups excluding carboxylic acids is 1. The Hall–Kier alpha value is -2.94. The summed E-state index contributed by atoms with van der Waals surface area (Å²) in [6, 6.07) is 7.38. The summed E-state index contributed by atoms with van der Waals surface area (Å²) in [5.41, 5.74) is 3.04. The van der Waals surface area contributed by atoms with E-state index < -0.39 is 5.97 Å². The molecule has 0 aromatic heterocycles. The van der Waals surface area contributed by atoms with E-state index in [9.17, 15) is 4.79 Å². The molecule has 120 valence electrons. The second kappa shape index (κ2) is 9.15. The van der Waals surface area contributed by atoms with Crippen LogP contribution in [0.2, 0.25) is 0 Å². The third kappa shape index (κ3) is 5.08. The molecule has 0 atom stereocenters. The zero-order chi connectivity index (χ0) is 17.2. The zero-order valence-corrected chi connectivity index (χ0v) is 13.7. The molecule has 0 fully saturated rings. The highest BCUT2D eigenvalue weighted by molar-refractivity contribution is 6.40. The number of esters is 1. The molecule has 6 nitrogen and oxygen atoms in total. The van der Waals surface area contributed by atoms with E-state index in [0.29, 0.717) is 17.0 Å². The van der Waals surface area contributed by atoms with Gasteiger partial charge in [-0.3, -0.25) is 0 Å². The molecule has 0 saturated carbocycles. The molecule has 23 heavy (non-hydrogen) atoms. The molecular formula is C17H19N3O3. The van der Waals surface area contributed by atoms with Crippen LogP contribution in [0.5, 0.6) is 0 Å². The Bertz CT molecular complexity index is 697. The predicted molar refractivity (Wildman–Crippen MR) is 89.7 cm³/mol. The molecule has 0 aliphatic carbocycles. The Balaban J connectivity index is 2.96. The first-order valence-corrected chi connectivity index (χ1v) is 6.96. The van der Waals surface area contributed by atoms with Crippen LogP contribution in [0.3, 0.4) is 0 Å². The summed E-state index contributed by atoms with van der Waals surface area (Å²) in [5, 5.41) is 7.51. The predicted octanol–water partition coefficient (Wildman–Crippen LogP) is 3.45. The third-order valence-electron chi connectivity index (χ3n) is 3.15. The van der Waals surface area contributed by atoms with Crippen molar-refractivity contribution < 1.29 is 14.4 Å². The molecule has 1 rings (SSSR count). The Kier molecular flexibility index (Phi) is 7.21. The summed E-state index contributed by atoms with van der Waals surface area (Å²) in [5.74, 6) is -0.403. The van der Waals surface area contributed by atoms with E-state index >= 15 is 0 Å². The number of carbonyl (C=O) groups is 1. The number of allylic oxidation sites excluding steroid dienone is 1. The van der Waals surface area contributed by atoms with Crippen LogP contribution in [0.1, 0.15) is 31.9 Å². The quantitative estimate of drug-likeness (QED) is 0.266. The molecule has 0 bridgehead atoms. The first-order valence-electron chi connectivity index (χ1n) is 6.96. The van der Waals surface area contributed by atoms with E-state index in [2.05, 4.69) is 15.2 Å². The minimum atomic E-state index is -0.403. The molecule has 0 aliphatic rings. The number of hydrogen-bond acceptors (Lipinski definition) is 5. The molecule has 0 saturated heterocycles. The fourth-order valence-corrected chi connectivity index (χ4v) is 1.81. The van der Waals surface area contributed by atoms with E-state index in [-0.39, 0.29) is 6.61 Å². The van der Waals surface area contributed by atoms with Crippen LogP contribution in [0, 0.1) is 6.57 Å². The standard InChI is InChI=1S/C17H19N3O3/c1-6-15(17(21)22-5)16-10-8-7-9-14(16)11-23-20-13(3)12(2)19-18-4/h6-10H,11H2,1-3,5H3/b15-6+,19-12-,20-13-. The van der Waals surface area contributed by atoms with Crippen molar-refractivity contribution in [1.82, 2.24) is 0 Å². The van der Waals surface area contributed by atoms with Crippen molar-refractivity contribution in [3.63, 3.8) is 0 Å². The molecule has 1 aromatic rings. The van der Waals surface area contributed by atoms with Gasteiger partial charge in [0, 0.05) is 5.56 Å². The van der Waals surface area contributed by atoms with Crippen LogP contribution in [-0.2, 0) is 21.0 Å². The van der Waals surface area contributed by atoms with Gasteiger partial charge in [-0.15, -0.1) is 4.95 Å². The van der Waals surface area contributed by atoms with Crippen LogP contribution in [0.25, 0.3) is 10.5 Å². The van der Waals surface area contributed by atoms with E-state index in [1.165, 1.54) is 7.11 Å². The topological polar surface area (TPSA) is 64.6 Å². The lowest BCUT2D eigenvalue weighted by Gasteiger charge is -2.10. The Morgan fingerprint density at radius 1 is 1.30 bits per heavy atom. The Morgan fingerprint density at radius 2 is 2.00 bits per heavy atom. The molecule has 0 radical (unpaired) electrons. The van der Waals surface area contributed by atoms with Crippen LogP contribution in [0.15, 0.2) is 40.6 Å². The third-order valence-corrected chi connectivity index (χ3v) is 3.15. The van der Waals surface area contributed by atoms with E-state index in [0.717, 1.165) is 11.1 Å². The molecule has 0 N–H and O–H groups in total. The van der Waals surface area contributed by atoms with Gasteiger partial charge < -0.3 is 9.57 Å². The Labute approximate surface area is 135 Å². The van der Waals surface area contributed by atoms with Gasteiger partial charge in [0.1, 0.15) is 18.0 Å². The van der Waals surface area contributed by atoms with E-state index in [1.807, 2.05) is 24.3 Å². The number of nitrogens with zero attached hydrogens (tertiary/aromatic N) is 3. The maximum absolute atomic E-state index is 11.8. The summed E-state index contributed by atoms with van der Waals surface area (Å²) in [6.45, 7) is 12.0. The van der Waals surface area contributed by atoms with Crippen molar-refractivity contribution in [2.75, 3.05) is 7.11 Å². The zero-order valence-electron chi connectivity index (χ0n) is 13.7. The summed E-state index contributed by atoms with van der Waals surface area (Å²) in [6.07, 6.45) is 1.70. The number of ether oxygens (including phenoxy) is 1. The molecule has 1 aromatic carbocycles. The lowest BCUT2D eigenvalue weighted by molar-refractivity contribution is -0.133. The fraction of sp³-hybridized carbons (Fsp3) is 0.294. The second-order valence-corrected chi connectivity index (χ2v) is 4.59. The molecule has 0 amide bonds. The van der Waals surface area contributed by atoms with Gasteiger partial charge in [-0.2, -0.15) is 6.57 Å². The summed E-state index contributed by atoms with van der Waals surface area (Å²) in [4.78, 5) is 20.1. The molecule has 0 spiro atoms. The van der Waals surface area contributed by atoms with Crippen LogP contribution >= 0.6 is 0 Å². The number of rotatable bonds is 6. The molecule has 0 unspecified atom stereocenters. The maximum atomic E-state index is 11.8. The van der Waals surface area contributed by atoms with Crippen molar-refractivity contribution in [3.8, 4) is 0 Å². The van der Waals surface area contributed by atoms with Crippen LogP contribution < -0.4 is 0 Å². The van der Waals surface area contributed by atoms with Crippen molar-refractivity contribution >= 4 is 23.0 Å². The number of benzene rings is 1. The van der Waals surface area contributed by atoms with E-state index in [4.69, 9.17) is 16.1 Å². The SMILES string of the molecule is [C-]#[N+]/N=C(C)\C(C)=N/OCc1ccccc1/C(=C\C)C(=O)OC. The van der Waals surface area contributed by atoms with Gasteiger partial charge in [0.15, 0.2) is 0 Å². The molecule has 6 heteroatoms. The van der Waals surface area contributed by atoms with Crippen molar-refractivity contribution in [2.45, 2.75) is 27.4 Å². The summed E-state index contributed by atoms with van der Waals surface area (Å²) < 4.78 is 4.79. The van der Waals surface area contributed by atoms with Crippen LogP contribution in [-0.4, -0.2) is 24.5 Å². The average molecular weight is 313 g/mol. The van der Waals surface area contributed by atoms with Gasteiger partial charge >= 0.3 is 5.97 Å². The van der Waals surface area contributed by atoms with Crippen molar-refractivity contribution in [3.05, 3.63) is 53.0 Å². The first kappa shape index (κ1) is 18.1. The number of hydrogen-bond donors (Lipinski definition) is 0. The minimum Gasteiger partial charge on any atom is -0.465 e. The van der Waals surface area contributed by atoms with Crippen LogP contribution in [0.4, 0.5) is 0 Å². The van der Waals surface area contributed by atoms with E-state index in [1.54, 1.807) is 26.8 Å². The van der Waals surface area contributed by atoms with Gasteiger partial charge in [-0.05, 0) is 26.3 Å². The monoisotopic (exact) mass is 313 g/mol. The van der Waals surface area contributed by atoms with Gasteiger partial charge in [-0.25, -0.2) is 4.79 Å². The van der Waals surface area contributed by atoms with Crippen molar-refractivity contribution in [2.24, 2.45) is 10.3 Å². The lowest BCUT2D eigenvalue weighted by Crippen LogP contribution is -2.08. The fourth-order valence-electron chi connectivity index (χ4n) is 1.81. The smallest absolute Gasteiger partial charge is 0.338 e. The van der Waals surface area contributed by atoms with Crippen molar-refractivity contribution in [1.29, 1.82) is 0 Å². The highest BCUT2D eigenvalue weighted by Crippen LogP contribution is 2.21. The lowest BCUT2D eigenvalue weighted by atomic mass is 10.00. The second-order valence-electron chi connectivity index (χ2n) is 4.59. The number of oxime groups is 1. The highest BCUT2D eigenvalue weighted by Gasteiger charge is 2.15. The molecule has 0 aliphatic heterocycles. The van der Waals surface area contributed by atoms with Gasteiger partial charge in [0.2, 0.25) is 0 Å². The molecule has 0 heterocycles. The first-order chi connectivity index (χ1) is 11.0. The molecular weight excluding hydrogens is 294 g/mol. The maximum Gasteiger partial charge on any atom is 0.338 e.